The molecule has 1 heterocycles. The van der Waals surface area contributed by atoms with Gasteiger partial charge in [-0.15, -0.1) is 0 Å². The van der Waals surface area contributed by atoms with Crippen molar-refractivity contribution in [2.45, 2.75) is 52.1 Å². The van der Waals surface area contributed by atoms with E-state index in [1.807, 2.05) is 0 Å². The molecule has 0 saturated carbocycles. The van der Waals surface area contributed by atoms with E-state index in [1.165, 1.54) is 44.5 Å². The van der Waals surface area contributed by atoms with Crippen molar-refractivity contribution < 1.29 is 0 Å². The number of nitrogens with zero attached hydrogens (tertiary/aromatic N) is 2. The summed E-state index contributed by atoms with van der Waals surface area (Å²) in [7, 11) is 2.30. The van der Waals surface area contributed by atoms with Crippen LogP contribution in [-0.4, -0.2) is 48.6 Å². The van der Waals surface area contributed by atoms with Crippen LogP contribution in [-0.2, 0) is 6.42 Å². The summed E-state index contributed by atoms with van der Waals surface area (Å²) >= 11 is 0. The number of rotatable bonds is 6. The minimum atomic E-state index is 0.723. The van der Waals surface area contributed by atoms with E-state index in [9.17, 15) is 0 Å². The highest BCUT2D eigenvalue weighted by atomic mass is 15.2. The maximum absolute atomic E-state index is 2.67. The fourth-order valence-corrected chi connectivity index (χ4v) is 3.29. The fourth-order valence-electron chi connectivity index (χ4n) is 3.29. The van der Waals surface area contributed by atoms with Gasteiger partial charge in [0.05, 0.1) is 0 Å². The molecule has 0 radical (unpaired) electrons. The minimum absolute atomic E-state index is 0.723. The molecule has 1 aliphatic heterocycles. The SMILES string of the molecule is CC(C)C(C)N1CCC(N(C)CCc2ccccc2)CC1. The van der Waals surface area contributed by atoms with Gasteiger partial charge in [-0.1, -0.05) is 44.2 Å². The summed E-state index contributed by atoms with van der Waals surface area (Å²) in [6.07, 6.45) is 3.81. The van der Waals surface area contributed by atoms with Gasteiger partial charge in [0.15, 0.2) is 0 Å². The smallest absolute Gasteiger partial charge is 0.0117 e. The van der Waals surface area contributed by atoms with Crippen molar-refractivity contribution in [1.82, 2.24) is 9.80 Å². The first-order valence-corrected chi connectivity index (χ1v) is 8.56. The highest BCUT2D eigenvalue weighted by molar-refractivity contribution is 5.14. The van der Waals surface area contributed by atoms with Gasteiger partial charge in [-0.3, -0.25) is 0 Å². The molecule has 0 N–H and O–H groups in total. The maximum atomic E-state index is 2.67. The summed E-state index contributed by atoms with van der Waals surface area (Å²) in [4.78, 5) is 5.25. The van der Waals surface area contributed by atoms with Crippen LogP contribution < -0.4 is 0 Å². The van der Waals surface area contributed by atoms with Gasteiger partial charge in [-0.25, -0.2) is 0 Å². The molecular formula is C19H32N2. The Kier molecular flexibility index (Phi) is 6.25. The molecule has 1 aromatic carbocycles. The molecule has 118 valence electrons. The molecule has 0 aliphatic carbocycles. The van der Waals surface area contributed by atoms with Crippen LogP contribution in [0.15, 0.2) is 30.3 Å². The van der Waals surface area contributed by atoms with Gasteiger partial charge in [0, 0.05) is 18.6 Å². The largest absolute Gasteiger partial charge is 0.303 e. The fraction of sp³-hybridized carbons (Fsp3) is 0.684. The van der Waals surface area contributed by atoms with Crippen LogP contribution in [0.4, 0.5) is 0 Å². The quantitative estimate of drug-likeness (QED) is 0.788. The Bertz CT molecular complexity index is 393. The third-order valence-corrected chi connectivity index (χ3v) is 5.26. The molecule has 1 atom stereocenters. The van der Waals surface area contributed by atoms with E-state index in [2.05, 4.69) is 68.0 Å². The molecule has 1 unspecified atom stereocenters. The lowest BCUT2D eigenvalue weighted by atomic mass is 9.97. The normalized spacial score (nSPS) is 19.3. The van der Waals surface area contributed by atoms with Crippen LogP contribution in [0.25, 0.3) is 0 Å². The van der Waals surface area contributed by atoms with Crippen LogP contribution in [0, 0.1) is 5.92 Å². The first-order chi connectivity index (χ1) is 10.1. The zero-order chi connectivity index (χ0) is 15.2. The monoisotopic (exact) mass is 288 g/mol. The summed E-state index contributed by atoms with van der Waals surface area (Å²) in [6, 6.07) is 12.3. The molecule has 1 aromatic rings. The molecule has 0 bridgehead atoms. The minimum Gasteiger partial charge on any atom is -0.303 e. The topological polar surface area (TPSA) is 6.48 Å². The molecule has 21 heavy (non-hydrogen) atoms. The molecule has 0 spiro atoms. The Labute approximate surface area is 131 Å². The van der Waals surface area contributed by atoms with Crippen LogP contribution in [0.5, 0.6) is 0 Å². The Morgan fingerprint density at radius 1 is 1.10 bits per heavy atom. The highest BCUT2D eigenvalue weighted by Crippen LogP contribution is 2.20. The highest BCUT2D eigenvalue weighted by Gasteiger charge is 2.25. The van der Waals surface area contributed by atoms with Crippen LogP contribution >= 0.6 is 0 Å². The van der Waals surface area contributed by atoms with Crippen molar-refractivity contribution in [3.63, 3.8) is 0 Å². The number of benzene rings is 1. The third-order valence-electron chi connectivity index (χ3n) is 5.26. The van der Waals surface area contributed by atoms with Gasteiger partial charge >= 0.3 is 0 Å². The van der Waals surface area contributed by atoms with Crippen molar-refractivity contribution >= 4 is 0 Å². The van der Waals surface area contributed by atoms with Crippen molar-refractivity contribution in [2.24, 2.45) is 5.92 Å². The van der Waals surface area contributed by atoms with E-state index >= 15 is 0 Å². The number of likely N-dealkylation sites (N-methyl/N-ethyl adjacent to an activating group) is 1. The lowest BCUT2D eigenvalue weighted by Crippen LogP contribution is -2.48. The van der Waals surface area contributed by atoms with Gasteiger partial charge in [-0.2, -0.15) is 0 Å². The summed E-state index contributed by atoms with van der Waals surface area (Å²) in [5.41, 5.74) is 1.45. The van der Waals surface area contributed by atoms with Crippen LogP contribution in [0.3, 0.4) is 0 Å². The van der Waals surface area contributed by atoms with Crippen molar-refractivity contribution in [3.8, 4) is 0 Å². The second-order valence-corrected chi connectivity index (χ2v) is 6.97. The molecule has 1 fully saturated rings. The summed E-state index contributed by atoms with van der Waals surface area (Å²) in [5, 5.41) is 0. The van der Waals surface area contributed by atoms with Crippen molar-refractivity contribution in [2.75, 3.05) is 26.7 Å². The summed E-state index contributed by atoms with van der Waals surface area (Å²) in [5.74, 6) is 0.761. The second kappa shape index (κ2) is 7.95. The van der Waals surface area contributed by atoms with Gasteiger partial charge in [-0.05, 0) is 57.8 Å². The molecule has 2 heteroatoms. The molecule has 0 amide bonds. The Morgan fingerprint density at radius 2 is 1.71 bits per heavy atom. The van der Waals surface area contributed by atoms with Gasteiger partial charge in [0.25, 0.3) is 0 Å². The molecule has 1 aliphatic rings. The van der Waals surface area contributed by atoms with E-state index in [-0.39, 0.29) is 0 Å². The summed E-state index contributed by atoms with van der Waals surface area (Å²) < 4.78 is 0. The maximum Gasteiger partial charge on any atom is 0.0117 e. The predicted octanol–water partition coefficient (Wildman–Crippen LogP) is 3.67. The molecule has 1 saturated heterocycles. The number of likely N-dealkylation sites (tertiary alicyclic amines) is 1. The molecular weight excluding hydrogens is 256 g/mol. The standard InChI is InChI=1S/C19H32N2/c1-16(2)17(3)21-14-11-19(12-15-21)20(4)13-10-18-8-6-5-7-9-18/h5-9,16-17,19H,10-15H2,1-4H3. The number of hydrogen-bond donors (Lipinski definition) is 0. The van der Waals surface area contributed by atoms with E-state index in [0.717, 1.165) is 18.0 Å². The number of hydrogen-bond acceptors (Lipinski definition) is 2. The molecule has 2 nitrogen and oxygen atoms in total. The van der Waals surface area contributed by atoms with E-state index in [1.54, 1.807) is 0 Å². The zero-order valence-corrected chi connectivity index (χ0v) is 14.3. The van der Waals surface area contributed by atoms with E-state index in [4.69, 9.17) is 0 Å². The Balaban J connectivity index is 1.74. The van der Waals surface area contributed by atoms with Crippen LogP contribution in [0.1, 0.15) is 39.2 Å². The lowest BCUT2D eigenvalue weighted by Gasteiger charge is -2.40. The Morgan fingerprint density at radius 3 is 2.29 bits per heavy atom. The van der Waals surface area contributed by atoms with Crippen molar-refractivity contribution in [3.05, 3.63) is 35.9 Å². The molecule has 0 aromatic heterocycles. The lowest BCUT2D eigenvalue weighted by molar-refractivity contribution is 0.0864. The van der Waals surface area contributed by atoms with E-state index < -0.39 is 0 Å². The predicted molar refractivity (Wildman–Crippen MR) is 91.7 cm³/mol. The van der Waals surface area contributed by atoms with Crippen LogP contribution in [0.2, 0.25) is 0 Å². The average molecular weight is 288 g/mol. The van der Waals surface area contributed by atoms with Gasteiger partial charge < -0.3 is 9.80 Å². The van der Waals surface area contributed by atoms with Gasteiger partial charge in [0.2, 0.25) is 0 Å². The zero-order valence-electron chi connectivity index (χ0n) is 14.3. The third kappa shape index (κ3) is 4.82. The second-order valence-electron chi connectivity index (χ2n) is 6.97. The van der Waals surface area contributed by atoms with E-state index in [0.29, 0.717) is 0 Å². The average Bonchev–Trinajstić information content (AvgIpc) is 2.53. The molecule has 2 rings (SSSR count). The van der Waals surface area contributed by atoms with Gasteiger partial charge in [0.1, 0.15) is 0 Å². The Hall–Kier alpha value is -0.860. The summed E-state index contributed by atoms with van der Waals surface area (Å²) in [6.45, 7) is 10.8. The first-order valence-electron chi connectivity index (χ1n) is 8.56. The number of piperidine rings is 1. The van der Waals surface area contributed by atoms with Crippen molar-refractivity contribution in [1.29, 1.82) is 0 Å². The first kappa shape index (κ1) is 16.5.